The molecule has 31 heavy (non-hydrogen) atoms. The molecule has 0 amide bonds. The van der Waals surface area contributed by atoms with Crippen LogP contribution in [0.25, 0.3) is 0 Å². The van der Waals surface area contributed by atoms with Crippen LogP contribution in [-0.2, 0) is 29.6 Å². The summed E-state index contributed by atoms with van der Waals surface area (Å²) in [4.78, 5) is 4.41. The molecule has 2 aromatic rings. The van der Waals surface area contributed by atoms with Crippen LogP contribution in [0.5, 0.6) is 0 Å². The average molecular weight is 432 g/mol. The molecular weight excluding hydrogens is 397 g/mol. The van der Waals surface area contributed by atoms with Gasteiger partial charge in [0.25, 0.3) is 0 Å². The predicted octanol–water partition coefficient (Wildman–Crippen LogP) is 2.65. The maximum Gasteiger partial charge on any atom is 0.146 e. The molecule has 8 heteroatoms. The molecule has 0 saturated carbocycles. The molecule has 1 N–H and O–H groups in total. The number of nitrogens with one attached hydrogen (secondary N) is 1. The summed E-state index contributed by atoms with van der Waals surface area (Å²) < 4.78 is 27.6. The molecule has 0 spiro atoms. The van der Waals surface area contributed by atoms with Crippen LogP contribution >= 0.6 is 0 Å². The van der Waals surface area contributed by atoms with Crippen molar-refractivity contribution < 1.29 is 13.9 Å². The van der Waals surface area contributed by atoms with Gasteiger partial charge in [0, 0.05) is 51.9 Å². The van der Waals surface area contributed by atoms with Crippen molar-refractivity contribution in [2.45, 2.75) is 32.9 Å². The number of aryl methyl sites for hydroxylation is 1. The monoisotopic (exact) mass is 431 g/mol. The Balaban J connectivity index is 1.45. The largest absolute Gasteiger partial charge is 0.378 e. The first-order chi connectivity index (χ1) is 15.0. The third-order valence-corrected chi connectivity index (χ3v) is 6.00. The Morgan fingerprint density at radius 3 is 2.26 bits per heavy atom. The first-order valence-electron chi connectivity index (χ1n) is 11.2. The van der Waals surface area contributed by atoms with Crippen LogP contribution in [-0.4, -0.2) is 62.4 Å². The minimum Gasteiger partial charge on any atom is -0.378 e. The Kier molecular flexibility index (Phi) is 7.09. The van der Waals surface area contributed by atoms with Crippen LogP contribution in [0.3, 0.4) is 0 Å². The molecule has 1 aromatic heterocycles. The second kappa shape index (κ2) is 9.97. The highest BCUT2D eigenvalue weighted by molar-refractivity contribution is 5.52. The third-order valence-electron chi connectivity index (χ3n) is 6.00. The van der Waals surface area contributed by atoms with Crippen molar-refractivity contribution in [1.82, 2.24) is 15.1 Å². The fraction of sp³-hybridized carbons (Fsp3) is 0.609. The SMILES string of the molecule is CC(C)c1nn(C)c(N2CCOCC2)c1CNCc1ccc(N2CCOCC2)c(F)c1. The van der Waals surface area contributed by atoms with Gasteiger partial charge >= 0.3 is 0 Å². The molecule has 1 aromatic carbocycles. The number of aromatic nitrogens is 2. The van der Waals surface area contributed by atoms with Crippen molar-refractivity contribution in [3.05, 3.63) is 40.8 Å². The highest BCUT2D eigenvalue weighted by Gasteiger charge is 2.24. The van der Waals surface area contributed by atoms with Crippen LogP contribution in [0.15, 0.2) is 18.2 Å². The fourth-order valence-electron chi connectivity index (χ4n) is 4.44. The van der Waals surface area contributed by atoms with Crippen molar-refractivity contribution in [3.63, 3.8) is 0 Å². The lowest BCUT2D eigenvalue weighted by molar-refractivity contribution is 0.122. The number of nitrogens with zero attached hydrogens (tertiary/aromatic N) is 4. The number of hydrogen-bond donors (Lipinski definition) is 1. The Labute approximate surface area is 184 Å². The molecule has 0 radical (unpaired) electrons. The maximum absolute atomic E-state index is 14.7. The van der Waals surface area contributed by atoms with E-state index in [9.17, 15) is 4.39 Å². The number of rotatable bonds is 7. The fourth-order valence-corrected chi connectivity index (χ4v) is 4.44. The second-order valence-corrected chi connectivity index (χ2v) is 8.55. The topological polar surface area (TPSA) is 54.8 Å². The Bertz CT molecular complexity index is 873. The van der Waals surface area contributed by atoms with Gasteiger partial charge in [0.15, 0.2) is 0 Å². The molecule has 2 saturated heterocycles. The molecular formula is C23H34FN5O2. The van der Waals surface area contributed by atoms with Gasteiger partial charge in [0.05, 0.1) is 37.8 Å². The normalized spacial score (nSPS) is 17.6. The lowest BCUT2D eigenvalue weighted by Crippen LogP contribution is -2.38. The van der Waals surface area contributed by atoms with E-state index < -0.39 is 0 Å². The van der Waals surface area contributed by atoms with Gasteiger partial charge in [-0.3, -0.25) is 4.68 Å². The number of anilines is 2. The van der Waals surface area contributed by atoms with Crippen LogP contribution in [0, 0.1) is 5.82 Å². The zero-order valence-corrected chi connectivity index (χ0v) is 18.9. The van der Waals surface area contributed by atoms with Gasteiger partial charge in [-0.1, -0.05) is 19.9 Å². The average Bonchev–Trinajstić information content (AvgIpc) is 3.11. The molecule has 3 heterocycles. The minimum absolute atomic E-state index is 0.167. The van der Waals surface area contributed by atoms with Gasteiger partial charge in [0.2, 0.25) is 0 Å². The zero-order valence-electron chi connectivity index (χ0n) is 18.9. The molecule has 0 atom stereocenters. The summed E-state index contributed by atoms with van der Waals surface area (Å²) in [7, 11) is 2.01. The van der Waals surface area contributed by atoms with E-state index in [1.165, 1.54) is 5.56 Å². The highest BCUT2D eigenvalue weighted by Crippen LogP contribution is 2.29. The van der Waals surface area contributed by atoms with E-state index in [-0.39, 0.29) is 5.82 Å². The highest BCUT2D eigenvalue weighted by atomic mass is 19.1. The van der Waals surface area contributed by atoms with Crippen molar-refractivity contribution in [1.29, 1.82) is 0 Å². The van der Waals surface area contributed by atoms with E-state index in [1.807, 2.05) is 23.9 Å². The molecule has 7 nitrogen and oxygen atoms in total. The number of benzene rings is 1. The van der Waals surface area contributed by atoms with E-state index in [2.05, 4.69) is 29.0 Å². The predicted molar refractivity (Wildman–Crippen MR) is 120 cm³/mol. The Morgan fingerprint density at radius 1 is 1.00 bits per heavy atom. The lowest BCUT2D eigenvalue weighted by atomic mass is 10.0. The molecule has 2 aliphatic heterocycles. The Morgan fingerprint density at radius 2 is 1.65 bits per heavy atom. The number of halogens is 1. The molecule has 2 aliphatic rings. The number of morpholine rings is 2. The van der Waals surface area contributed by atoms with E-state index in [0.717, 1.165) is 56.5 Å². The second-order valence-electron chi connectivity index (χ2n) is 8.55. The van der Waals surface area contributed by atoms with Crippen molar-refractivity contribution in [2.24, 2.45) is 7.05 Å². The first kappa shape index (κ1) is 22.0. The summed E-state index contributed by atoms with van der Waals surface area (Å²) in [5.41, 5.74) is 3.95. The summed E-state index contributed by atoms with van der Waals surface area (Å²) in [5.74, 6) is 1.33. The number of hydrogen-bond acceptors (Lipinski definition) is 6. The van der Waals surface area contributed by atoms with Gasteiger partial charge in [0.1, 0.15) is 11.6 Å². The maximum atomic E-state index is 14.7. The van der Waals surface area contributed by atoms with Gasteiger partial charge in [-0.25, -0.2) is 4.39 Å². The first-order valence-corrected chi connectivity index (χ1v) is 11.2. The molecule has 170 valence electrons. The minimum atomic E-state index is -0.167. The van der Waals surface area contributed by atoms with Crippen molar-refractivity contribution in [3.8, 4) is 0 Å². The van der Waals surface area contributed by atoms with Crippen LogP contribution < -0.4 is 15.1 Å². The molecule has 0 aliphatic carbocycles. The zero-order chi connectivity index (χ0) is 21.8. The van der Waals surface area contributed by atoms with Crippen LogP contribution in [0.2, 0.25) is 0 Å². The van der Waals surface area contributed by atoms with E-state index in [4.69, 9.17) is 14.6 Å². The van der Waals surface area contributed by atoms with Gasteiger partial charge < -0.3 is 24.6 Å². The van der Waals surface area contributed by atoms with Crippen LogP contribution in [0.4, 0.5) is 15.9 Å². The molecule has 2 fully saturated rings. The quantitative estimate of drug-likeness (QED) is 0.728. The number of ether oxygens (including phenoxy) is 2. The van der Waals surface area contributed by atoms with E-state index in [0.29, 0.717) is 37.9 Å². The summed E-state index contributed by atoms with van der Waals surface area (Å²) in [6, 6.07) is 5.55. The van der Waals surface area contributed by atoms with Crippen molar-refractivity contribution >= 4 is 11.5 Å². The van der Waals surface area contributed by atoms with E-state index >= 15 is 0 Å². The van der Waals surface area contributed by atoms with Gasteiger partial charge in [-0.2, -0.15) is 5.10 Å². The van der Waals surface area contributed by atoms with Gasteiger partial charge in [-0.05, 0) is 23.6 Å². The summed E-state index contributed by atoms with van der Waals surface area (Å²) >= 11 is 0. The smallest absolute Gasteiger partial charge is 0.146 e. The lowest BCUT2D eigenvalue weighted by Gasteiger charge is -2.30. The standard InChI is InChI=1S/C23H34FN5O2/c1-17(2)22-19(23(27(3)26-22)29-8-12-31-13-9-29)16-25-15-18-4-5-21(20(24)14-18)28-6-10-30-11-7-28/h4-5,14,17,25H,6-13,15-16H2,1-3H3. The summed E-state index contributed by atoms with van der Waals surface area (Å²) in [6.07, 6.45) is 0. The summed E-state index contributed by atoms with van der Waals surface area (Å²) in [6.45, 7) is 11.6. The molecule has 0 bridgehead atoms. The molecule has 4 rings (SSSR count). The third kappa shape index (κ3) is 5.02. The van der Waals surface area contributed by atoms with Crippen molar-refractivity contribution in [2.75, 3.05) is 62.4 Å². The summed E-state index contributed by atoms with van der Waals surface area (Å²) in [5, 5.41) is 8.33. The van der Waals surface area contributed by atoms with Crippen LogP contribution in [0.1, 0.15) is 36.6 Å². The molecule has 0 unspecified atom stereocenters. The van der Waals surface area contributed by atoms with Gasteiger partial charge in [-0.15, -0.1) is 0 Å². The van der Waals surface area contributed by atoms with E-state index in [1.54, 1.807) is 6.07 Å². The Hall–Kier alpha value is -2.16.